The van der Waals surface area contributed by atoms with Crippen molar-refractivity contribution < 1.29 is 27.6 Å². The third-order valence-corrected chi connectivity index (χ3v) is 7.09. The van der Waals surface area contributed by atoms with Gasteiger partial charge in [0, 0.05) is 29.1 Å². The first-order chi connectivity index (χ1) is 15.1. The molecule has 0 aliphatic carbocycles. The molecule has 3 amide bonds. The van der Waals surface area contributed by atoms with Crippen molar-refractivity contribution in [3.63, 3.8) is 0 Å². The average molecular weight is 463 g/mol. The Hall–Kier alpha value is -3.01. The van der Waals surface area contributed by atoms with Crippen molar-refractivity contribution in [3.05, 3.63) is 59.7 Å². The number of carbonyl (C=O) groups is 3. The summed E-state index contributed by atoms with van der Waals surface area (Å²) in [6.45, 7) is 1.95. The van der Waals surface area contributed by atoms with Gasteiger partial charge in [-0.2, -0.15) is 13.2 Å². The lowest BCUT2D eigenvalue weighted by Crippen LogP contribution is -2.48. The molecule has 168 valence electrons. The second-order valence-corrected chi connectivity index (χ2v) is 9.37. The van der Waals surface area contributed by atoms with Crippen LogP contribution in [0.4, 0.5) is 24.5 Å². The van der Waals surface area contributed by atoms with Crippen molar-refractivity contribution in [1.29, 1.82) is 0 Å². The van der Waals surface area contributed by atoms with E-state index < -0.39 is 23.7 Å². The van der Waals surface area contributed by atoms with Gasteiger partial charge in [-0.15, -0.1) is 11.8 Å². The van der Waals surface area contributed by atoms with E-state index in [1.807, 2.05) is 6.92 Å². The van der Waals surface area contributed by atoms with Gasteiger partial charge in [0.05, 0.1) is 10.4 Å². The molecule has 2 aromatic rings. The van der Waals surface area contributed by atoms with E-state index in [0.29, 0.717) is 24.3 Å². The Bertz CT molecular complexity index is 1090. The van der Waals surface area contributed by atoms with E-state index in [4.69, 9.17) is 0 Å². The van der Waals surface area contributed by atoms with Crippen molar-refractivity contribution in [2.75, 3.05) is 16.4 Å². The maximum atomic E-state index is 12.9. The molecule has 0 radical (unpaired) electrons. The van der Waals surface area contributed by atoms with Gasteiger partial charge in [0.2, 0.25) is 11.8 Å². The lowest BCUT2D eigenvalue weighted by molar-refractivity contribution is -0.137. The van der Waals surface area contributed by atoms with Gasteiger partial charge >= 0.3 is 6.18 Å². The Morgan fingerprint density at radius 1 is 1.09 bits per heavy atom. The molecule has 2 N–H and O–H groups in total. The van der Waals surface area contributed by atoms with Crippen molar-refractivity contribution >= 4 is 40.9 Å². The Balaban J connectivity index is 1.45. The summed E-state index contributed by atoms with van der Waals surface area (Å²) in [6.07, 6.45) is -3.40. The predicted octanol–water partition coefficient (Wildman–Crippen LogP) is 4.35. The predicted molar refractivity (Wildman–Crippen MR) is 115 cm³/mol. The summed E-state index contributed by atoms with van der Waals surface area (Å²) in [6, 6.07) is 9.84. The number of alkyl halides is 3. The number of hydrogen-bond acceptors (Lipinski definition) is 4. The molecular weight excluding hydrogens is 443 g/mol. The number of nitrogens with zero attached hydrogens (tertiary/aromatic N) is 1. The first-order valence-electron chi connectivity index (χ1n) is 9.92. The molecule has 2 atom stereocenters. The van der Waals surface area contributed by atoms with Crippen LogP contribution in [-0.2, 0) is 15.8 Å². The van der Waals surface area contributed by atoms with E-state index in [0.717, 1.165) is 12.1 Å². The second-order valence-electron chi connectivity index (χ2n) is 7.87. The van der Waals surface area contributed by atoms with Gasteiger partial charge in [-0.1, -0.05) is 12.1 Å². The van der Waals surface area contributed by atoms with Crippen molar-refractivity contribution in [2.45, 2.75) is 36.9 Å². The number of benzene rings is 2. The van der Waals surface area contributed by atoms with Crippen LogP contribution in [0.2, 0.25) is 0 Å². The third kappa shape index (κ3) is 4.32. The van der Waals surface area contributed by atoms with Crippen LogP contribution in [0.1, 0.15) is 35.7 Å². The normalized spacial score (nSPS) is 22.6. The fourth-order valence-corrected chi connectivity index (χ4v) is 5.39. The van der Waals surface area contributed by atoms with Gasteiger partial charge in [-0.25, -0.2) is 0 Å². The summed E-state index contributed by atoms with van der Waals surface area (Å²) in [5, 5.41) is 5.19. The van der Waals surface area contributed by atoms with Crippen LogP contribution in [0.25, 0.3) is 0 Å². The molecule has 0 aromatic heterocycles. The van der Waals surface area contributed by atoms with Crippen LogP contribution < -0.4 is 10.6 Å². The Morgan fingerprint density at radius 3 is 2.50 bits per heavy atom. The van der Waals surface area contributed by atoms with Gasteiger partial charge in [0.25, 0.3) is 5.91 Å². The van der Waals surface area contributed by atoms with Crippen LogP contribution in [0.5, 0.6) is 0 Å². The molecular formula is C22H20F3N3O3S. The van der Waals surface area contributed by atoms with Gasteiger partial charge in [-0.05, 0) is 49.7 Å². The zero-order valence-corrected chi connectivity index (χ0v) is 17.8. The summed E-state index contributed by atoms with van der Waals surface area (Å²) in [5.74, 6) is -0.512. The lowest BCUT2D eigenvalue weighted by Gasteiger charge is -2.29. The van der Waals surface area contributed by atoms with E-state index in [-0.39, 0.29) is 27.9 Å². The minimum absolute atomic E-state index is 0.00840. The highest BCUT2D eigenvalue weighted by Gasteiger charge is 2.52. The van der Waals surface area contributed by atoms with Gasteiger partial charge < -0.3 is 15.5 Å². The number of rotatable bonds is 4. The monoisotopic (exact) mass is 463 g/mol. The van der Waals surface area contributed by atoms with Crippen molar-refractivity contribution in [3.8, 4) is 0 Å². The average Bonchev–Trinajstić information content (AvgIpc) is 3.23. The number of hydrogen-bond donors (Lipinski definition) is 2. The molecule has 10 heteroatoms. The highest BCUT2D eigenvalue weighted by molar-refractivity contribution is 8.01. The van der Waals surface area contributed by atoms with Gasteiger partial charge in [0.1, 0.15) is 6.04 Å². The summed E-state index contributed by atoms with van der Waals surface area (Å²) >= 11 is 1.58. The van der Waals surface area contributed by atoms with E-state index in [1.54, 1.807) is 28.8 Å². The fourth-order valence-electron chi connectivity index (χ4n) is 3.95. The summed E-state index contributed by atoms with van der Waals surface area (Å²) < 4.78 is 38.6. The number of halogens is 3. The molecule has 2 aromatic carbocycles. The molecule has 2 fully saturated rings. The Morgan fingerprint density at radius 2 is 1.78 bits per heavy atom. The number of thioether (sulfide) groups is 1. The molecule has 2 aliphatic heterocycles. The highest BCUT2D eigenvalue weighted by atomic mass is 32.2. The molecule has 32 heavy (non-hydrogen) atoms. The molecule has 0 saturated carbocycles. The standard InChI is InChI=1S/C22H20F3N3O3S/c1-21-9-8-18(29)28(21)17(12-32-21)20(31)27-15-6-2-4-13(10-15)19(30)26-16-7-3-5-14(11-16)22(23,24)25/h2-7,10-11,17H,8-9,12H2,1H3,(H,26,30)(H,27,31)/t17-,21-/m1/s1. The number of amides is 3. The smallest absolute Gasteiger partial charge is 0.324 e. The summed E-state index contributed by atoms with van der Waals surface area (Å²) in [5.41, 5.74) is -0.330. The second kappa shape index (κ2) is 8.16. The quantitative estimate of drug-likeness (QED) is 0.707. The molecule has 6 nitrogen and oxygen atoms in total. The number of nitrogens with one attached hydrogen (secondary N) is 2. The maximum absolute atomic E-state index is 12.9. The highest BCUT2D eigenvalue weighted by Crippen LogP contribution is 2.47. The summed E-state index contributed by atoms with van der Waals surface area (Å²) in [7, 11) is 0. The minimum atomic E-state index is -4.52. The zero-order chi connectivity index (χ0) is 23.1. The van der Waals surface area contributed by atoms with E-state index >= 15 is 0 Å². The molecule has 0 unspecified atom stereocenters. The lowest BCUT2D eigenvalue weighted by atomic mass is 10.1. The van der Waals surface area contributed by atoms with Crippen LogP contribution in [0.15, 0.2) is 48.5 Å². The molecule has 2 aliphatic rings. The van der Waals surface area contributed by atoms with Gasteiger partial charge in [0.15, 0.2) is 0 Å². The number of anilines is 2. The summed E-state index contributed by atoms with van der Waals surface area (Å²) in [4.78, 5) is 38.9. The molecule has 0 bridgehead atoms. The van der Waals surface area contributed by atoms with Crippen LogP contribution in [0.3, 0.4) is 0 Å². The number of carbonyl (C=O) groups excluding carboxylic acids is 3. The first-order valence-corrected chi connectivity index (χ1v) is 10.9. The van der Waals surface area contributed by atoms with Crippen LogP contribution in [0, 0.1) is 0 Å². The topological polar surface area (TPSA) is 78.5 Å². The Kier molecular flexibility index (Phi) is 5.66. The molecule has 4 rings (SSSR count). The van der Waals surface area contributed by atoms with Crippen LogP contribution in [-0.4, -0.2) is 39.3 Å². The van der Waals surface area contributed by atoms with Crippen LogP contribution >= 0.6 is 11.8 Å². The van der Waals surface area contributed by atoms with E-state index in [1.165, 1.54) is 24.3 Å². The number of fused-ring (bicyclic) bond motifs is 1. The SMILES string of the molecule is C[C@@]12CCC(=O)N1[C@@H](C(=O)Nc1cccc(C(=O)Nc3cccc(C(F)(F)F)c3)c1)CS2. The zero-order valence-electron chi connectivity index (χ0n) is 17.0. The fraction of sp³-hybridized carbons (Fsp3) is 0.318. The third-order valence-electron chi connectivity index (χ3n) is 5.59. The van der Waals surface area contributed by atoms with Gasteiger partial charge in [-0.3, -0.25) is 14.4 Å². The molecule has 2 heterocycles. The first kappa shape index (κ1) is 22.2. The maximum Gasteiger partial charge on any atom is 0.416 e. The minimum Gasteiger partial charge on any atom is -0.324 e. The van der Waals surface area contributed by atoms with E-state index in [9.17, 15) is 27.6 Å². The van der Waals surface area contributed by atoms with E-state index in [2.05, 4.69) is 10.6 Å². The molecule has 2 saturated heterocycles. The largest absolute Gasteiger partial charge is 0.416 e. The Labute approximate surface area is 186 Å². The molecule has 0 spiro atoms. The van der Waals surface area contributed by atoms with Crippen molar-refractivity contribution in [2.24, 2.45) is 0 Å². The van der Waals surface area contributed by atoms with Crippen molar-refractivity contribution in [1.82, 2.24) is 4.90 Å².